The number of likely N-dealkylation sites (tertiary alicyclic amines) is 1. The summed E-state index contributed by atoms with van der Waals surface area (Å²) in [5.41, 5.74) is 6.61. The average molecular weight is 260 g/mol. The third kappa shape index (κ3) is 2.55. The van der Waals surface area contributed by atoms with Crippen molar-refractivity contribution in [2.24, 2.45) is 5.92 Å². The zero-order valence-corrected chi connectivity index (χ0v) is 11.1. The van der Waals surface area contributed by atoms with Crippen molar-refractivity contribution in [3.63, 3.8) is 0 Å². The largest absolute Gasteiger partial charge is 0.368 e. The first-order chi connectivity index (χ1) is 9.24. The van der Waals surface area contributed by atoms with Gasteiger partial charge >= 0.3 is 0 Å². The number of nitrogens with two attached hydrogens (primary N) is 1. The Labute approximate surface area is 113 Å². The standard InChI is InChI=1S/C14H20N4O/c15-14-16-7-6-12(17-14)11-5-2-8-18(9-11)13(19)10-3-1-4-10/h6-7,10-11H,1-5,8-9H2,(H2,15,16,17). The van der Waals surface area contributed by atoms with E-state index in [1.165, 1.54) is 6.42 Å². The van der Waals surface area contributed by atoms with Crippen LogP contribution in [0.3, 0.4) is 0 Å². The third-order valence-electron chi connectivity index (χ3n) is 4.30. The summed E-state index contributed by atoms with van der Waals surface area (Å²) in [6.45, 7) is 1.68. The van der Waals surface area contributed by atoms with E-state index in [2.05, 4.69) is 9.97 Å². The Kier molecular flexibility index (Phi) is 3.36. The molecule has 0 bridgehead atoms. The number of anilines is 1. The molecule has 5 heteroatoms. The van der Waals surface area contributed by atoms with Gasteiger partial charge in [0.05, 0.1) is 5.69 Å². The smallest absolute Gasteiger partial charge is 0.225 e. The predicted molar refractivity (Wildman–Crippen MR) is 72.3 cm³/mol. The number of amides is 1. The summed E-state index contributed by atoms with van der Waals surface area (Å²) >= 11 is 0. The highest BCUT2D eigenvalue weighted by molar-refractivity contribution is 5.79. The maximum atomic E-state index is 12.3. The van der Waals surface area contributed by atoms with Crippen LogP contribution in [0.4, 0.5) is 5.95 Å². The molecule has 0 aromatic carbocycles. The fraction of sp³-hybridized carbons (Fsp3) is 0.643. The molecule has 2 aliphatic rings. The van der Waals surface area contributed by atoms with Gasteiger partial charge in [0.2, 0.25) is 11.9 Å². The maximum absolute atomic E-state index is 12.3. The van der Waals surface area contributed by atoms with Crippen molar-refractivity contribution in [2.45, 2.75) is 38.0 Å². The molecule has 19 heavy (non-hydrogen) atoms. The highest BCUT2D eigenvalue weighted by Gasteiger charge is 2.32. The Balaban J connectivity index is 1.69. The quantitative estimate of drug-likeness (QED) is 0.876. The van der Waals surface area contributed by atoms with Crippen LogP contribution < -0.4 is 5.73 Å². The van der Waals surface area contributed by atoms with Crippen molar-refractivity contribution in [3.8, 4) is 0 Å². The summed E-state index contributed by atoms with van der Waals surface area (Å²) in [7, 11) is 0. The summed E-state index contributed by atoms with van der Waals surface area (Å²) in [6, 6.07) is 1.92. The first kappa shape index (κ1) is 12.4. The zero-order chi connectivity index (χ0) is 13.2. The number of hydrogen-bond acceptors (Lipinski definition) is 4. The molecule has 2 heterocycles. The normalized spacial score (nSPS) is 24.0. The number of nitrogens with zero attached hydrogens (tertiary/aromatic N) is 3. The van der Waals surface area contributed by atoms with Crippen LogP contribution in [-0.2, 0) is 4.79 Å². The lowest BCUT2D eigenvalue weighted by atomic mass is 9.83. The van der Waals surface area contributed by atoms with Crippen molar-refractivity contribution < 1.29 is 4.79 Å². The second kappa shape index (κ2) is 5.15. The average Bonchev–Trinajstić information content (AvgIpc) is 2.37. The van der Waals surface area contributed by atoms with E-state index in [0.717, 1.165) is 44.5 Å². The van der Waals surface area contributed by atoms with Crippen molar-refractivity contribution in [3.05, 3.63) is 18.0 Å². The summed E-state index contributed by atoms with van der Waals surface area (Å²) in [6.07, 6.45) is 7.17. The van der Waals surface area contributed by atoms with E-state index in [4.69, 9.17) is 5.73 Å². The molecule has 0 radical (unpaired) electrons. The number of carbonyl (C=O) groups is 1. The molecule has 5 nitrogen and oxygen atoms in total. The van der Waals surface area contributed by atoms with E-state index in [-0.39, 0.29) is 5.92 Å². The van der Waals surface area contributed by atoms with E-state index in [0.29, 0.717) is 17.8 Å². The Morgan fingerprint density at radius 1 is 1.32 bits per heavy atom. The van der Waals surface area contributed by atoms with Gasteiger partial charge in [0, 0.05) is 31.1 Å². The molecule has 1 aromatic heterocycles. The molecule has 1 saturated carbocycles. The van der Waals surface area contributed by atoms with Crippen molar-refractivity contribution in [2.75, 3.05) is 18.8 Å². The Morgan fingerprint density at radius 3 is 2.84 bits per heavy atom. The van der Waals surface area contributed by atoms with Gasteiger partial charge < -0.3 is 10.6 Å². The first-order valence-corrected chi connectivity index (χ1v) is 7.11. The predicted octanol–water partition coefficient (Wildman–Crippen LogP) is 1.56. The van der Waals surface area contributed by atoms with Gasteiger partial charge in [-0.1, -0.05) is 6.42 Å². The van der Waals surface area contributed by atoms with E-state index in [9.17, 15) is 4.79 Å². The second-order valence-electron chi connectivity index (χ2n) is 5.59. The molecule has 1 aliphatic carbocycles. The van der Waals surface area contributed by atoms with Gasteiger partial charge in [-0.2, -0.15) is 0 Å². The minimum Gasteiger partial charge on any atom is -0.368 e. The number of rotatable bonds is 2. The highest BCUT2D eigenvalue weighted by atomic mass is 16.2. The Hall–Kier alpha value is -1.65. The fourth-order valence-corrected chi connectivity index (χ4v) is 2.95. The number of piperidine rings is 1. The summed E-state index contributed by atoms with van der Waals surface area (Å²) in [5.74, 6) is 1.26. The van der Waals surface area contributed by atoms with E-state index in [1.54, 1.807) is 6.20 Å². The molecule has 1 aliphatic heterocycles. The van der Waals surface area contributed by atoms with Crippen LogP contribution >= 0.6 is 0 Å². The molecule has 1 aromatic rings. The topological polar surface area (TPSA) is 72.1 Å². The Bertz CT molecular complexity index is 472. The molecule has 0 spiro atoms. The van der Waals surface area contributed by atoms with Crippen molar-refractivity contribution in [1.29, 1.82) is 0 Å². The number of carbonyl (C=O) groups excluding carboxylic acids is 1. The van der Waals surface area contributed by atoms with Crippen molar-refractivity contribution >= 4 is 11.9 Å². The molecular formula is C14H20N4O. The number of nitrogen functional groups attached to an aromatic ring is 1. The van der Waals surface area contributed by atoms with Crippen LogP contribution in [0.25, 0.3) is 0 Å². The van der Waals surface area contributed by atoms with E-state index < -0.39 is 0 Å². The maximum Gasteiger partial charge on any atom is 0.225 e. The van der Waals surface area contributed by atoms with Crippen LogP contribution in [-0.4, -0.2) is 33.9 Å². The molecule has 1 unspecified atom stereocenters. The molecule has 1 saturated heterocycles. The Morgan fingerprint density at radius 2 is 2.16 bits per heavy atom. The van der Waals surface area contributed by atoms with Crippen LogP contribution in [0.2, 0.25) is 0 Å². The lowest BCUT2D eigenvalue weighted by Crippen LogP contribution is -2.44. The lowest BCUT2D eigenvalue weighted by molar-refractivity contribution is -0.139. The van der Waals surface area contributed by atoms with Crippen LogP contribution in [0, 0.1) is 5.92 Å². The van der Waals surface area contributed by atoms with Crippen LogP contribution in [0.1, 0.15) is 43.7 Å². The molecular weight excluding hydrogens is 240 g/mol. The fourth-order valence-electron chi connectivity index (χ4n) is 2.95. The van der Waals surface area contributed by atoms with Gasteiger partial charge in [-0.3, -0.25) is 4.79 Å². The second-order valence-corrected chi connectivity index (χ2v) is 5.59. The molecule has 102 valence electrons. The summed E-state index contributed by atoms with van der Waals surface area (Å²) < 4.78 is 0. The number of aromatic nitrogens is 2. The van der Waals surface area contributed by atoms with Crippen LogP contribution in [0.15, 0.2) is 12.3 Å². The lowest BCUT2D eigenvalue weighted by Gasteiger charge is -2.37. The molecule has 1 amide bonds. The minimum atomic E-state index is 0.286. The van der Waals surface area contributed by atoms with E-state index in [1.807, 2.05) is 11.0 Å². The highest BCUT2D eigenvalue weighted by Crippen LogP contribution is 2.32. The molecule has 2 fully saturated rings. The summed E-state index contributed by atoms with van der Waals surface area (Å²) in [4.78, 5) is 22.5. The minimum absolute atomic E-state index is 0.286. The van der Waals surface area contributed by atoms with Gasteiger partial charge in [-0.15, -0.1) is 0 Å². The zero-order valence-electron chi connectivity index (χ0n) is 11.1. The van der Waals surface area contributed by atoms with Gasteiger partial charge in [0.15, 0.2) is 0 Å². The monoisotopic (exact) mass is 260 g/mol. The number of hydrogen-bond donors (Lipinski definition) is 1. The van der Waals surface area contributed by atoms with Crippen molar-refractivity contribution in [1.82, 2.24) is 14.9 Å². The van der Waals surface area contributed by atoms with Gasteiger partial charge in [-0.05, 0) is 31.7 Å². The van der Waals surface area contributed by atoms with Crippen LogP contribution in [0.5, 0.6) is 0 Å². The third-order valence-corrected chi connectivity index (χ3v) is 4.30. The van der Waals surface area contributed by atoms with E-state index >= 15 is 0 Å². The molecule has 3 rings (SSSR count). The molecule has 2 N–H and O–H groups in total. The summed E-state index contributed by atoms with van der Waals surface area (Å²) in [5, 5.41) is 0. The SMILES string of the molecule is Nc1nccc(C2CCCN(C(=O)C3CCC3)C2)n1. The van der Waals surface area contributed by atoms with Gasteiger partial charge in [0.1, 0.15) is 0 Å². The van der Waals surface area contributed by atoms with Gasteiger partial charge in [-0.25, -0.2) is 9.97 Å². The molecule has 1 atom stereocenters. The van der Waals surface area contributed by atoms with Gasteiger partial charge in [0.25, 0.3) is 0 Å². The first-order valence-electron chi connectivity index (χ1n) is 7.11.